The molecule has 0 saturated carbocycles. The van der Waals surface area contributed by atoms with E-state index in [1.807, 2.05) is 18.3 Å². The molecule has 1 aromatic heterocycles. The van der Waals surface area contributed by atoms with Gasteiger partial charge < -0.3 is 15.0 Å². The number of methoxy groups -OCH3 is 1. The molecule has 1 aliphatic rings. The van der Waals surface area contributed by atoms with Gasteiger partial charge in [-0.1, -0.05) is 15.9 Å². The highest BCUT2D eigenvalue weighted by molar-refractivity contribution is 9.10. The first-order valence-electron chi connectivity index (χ1n) is 5.73. The third-order valence-corrected chi connectivity index (χ3v) is 3.57. The molecule has 0 bridgehead atoms. The number of aromatic amines is 1. The molecule has 0 amide bonds. The standard InChI is InChI=1S/C14H13BrN2O/c1-18-14-4-5-16-13(14)6-9-8-17-12-3-2-10(15)7-11(9)12/h2-7,16-17H,8H2,1H3/b9-6+. The van der Waals surface area contributed by atoms with Crippen LogP contribution in [-0.4, -0.2) is 18.6 Å². The maximum Gasteiger partial charge on any atom is 0.143 e. The van der Waals surface area contributed by atoms with Gasteiger partial charge in [0, 0.05) is 28.5 Å². The maximum atomic E-state index is 5.30. The van der Waals surface area contributed by atoms with E-state index in [0.29, 0.717) is 0 Å². The largest absolute Gasteiger partial charge is 0.495 e. The number of aromatic nitrogens is 1. The summed E-state index contributed by atoms with van der Waals surface area (Å²) in [6, 6.07) is 8.20. The number of H-pyrrole nitrogens is 1. The number of nitrogens with one attached hydrogen (secondary N) is 2. The molecule has 0 saturated heterocycles. The van der Waals surface area contributed by atoms with Gasteiger partial charge in [0.2, 0.25) is 0 Å². The van der Waals surface area contributed by atoms with Crippen LogP contribution in [0, 0.1) is 0 Å². The number of benzene rings is 1. The summed E-state index contributed by atoms with van der Waals surface area (Å²) in [4.78, 5) is 3.19. The molecule has 0 fully saturated rings. The van der Waals surface area contributed by atoms with Gasteiger partial charge in [-0.25, -0.2) is 0 Å². The number of hydrogen-bond acceptors (Lipinski definition) is 2. The minimum Gasteiger partial charge on any atom is -0.495 e. The Hall–Kier alpha value is -1.68. The first kappa shape index (κ1) is 11.4. The van der Waals surface area contributed by atoms with Crippen LogP contribution in [0.2, 0.25) is 0 Å². The first-order chi connectivity index (χ1) is 8.78. The normalized spacial score (nSPS) is 15.6. The van der Waals surface area contributed by atoms with Gasteiger partial charge in [-0.2, -0.15) is 0 Å². The molecule has 3 nitrogen and oxygen atoms in total. The molecule has 1 aliphatic heterocycles. The van der Waals surface area contributed by atoms with E-state index in [1.165, 1.54) is 16.8 Å². The Morgan fingerprint density at radius 2 is 2.22 bits per heavy atom. The average molecular weight is 305 g/mol. The smallest absolute Gasteiger partial charge is 0.143 e. The third-order valence-electron chi connectivity index (χ3n) is 3.07. The molecule has 2 heterocycles. The Morgan fingerprint density at radius 3 is 3.06 bits per heavy atom. The minimum absolute atomic E-state index is 0.841. The first-order valence-corrected chi connectivity index (χ1v) is 6.53. The topological polar surface area (TPSA) is 37.0 Å². The fraction of sp³-hybridized carbons (Fsp3) is 0.143. The van der Waals surface area contributed by atoms with Crippen LogP contribution in [0.15, 0.2) is 34.9 Å². The molecule has 2 aromatic rings. The van der Waals surface area contributed by atoms with Crippen molar-refractivity contribution in [3.05, 3.63) is 46.2 Å². The Bertz CT molecular complexity index is 616. The highest BCUT2D eigenvalue weighted by atomic mass is 79.9. The lowest BCUT2D eigenvalue weighted by atomic mass is 10.1. The zero-order chi connectivity index (χ0) is 12.5. The number of fused-ring (bicyclic) bond motifs is 1. The van der Waals surface area contributed by atoms with Gasteiger partial charge in [0.25, 0.3) is 0 Å². The van der Waals surface area contributed by atoms with E-state index in [0.717, 1.165) is 22.5 Å². The molecule has 0 atom stereocenters. The zero-order valence-electron chi connectivity index (χ0n) is 9.96. The van der Waals surface area contributed by atoms with Crippen LogP contribution in [0.4, 0.5) is 5.69 Å². The van der Waals surface area contributed by atoms with Crippen LogP contribution in [0.3, 0.4) is 0 Å². The summed E-state index contributed by atoms with van der Waals surface area (Å²) >= 11 is 3.51. The molecular weight excluding hydrogens is 292 g/mol. The van der Waals surface area contributed by atoms with Crippen molar-refractivity contribution in [2.75, 3.05) is 19.0 Å². The van der Waals surface area contributed by atoms with Crippen molar-refractivity contribution in [1.29, 1.82) is 0 Å². The van der Waals surface area contributed by atoms with Crippen molar-refractivity contribution in [2.45, 2.75) is 0 Å². The fourth-order valence-corrected chi connectivity index (χ4v) is 2.54. The molecule has 0 unspecified atom stereocenters. The predicted octanol–water partition coefficient (Wildman–Crippen LogP) is 3.75. The van der Waals surface area contributed by atoms with Crippen LogP contribution < -0.4 is 10.1 Å². The van der Waals surface area contributed by atoms with E-state index in [-0.39, 0.29) is 0 Å². The van der Waals surface area contributed by atoms with Gasteiger partial charge in [-0.3, -0.25) is 0 Å². The van der Waals surface area contributed by atoms with Gasteiger partial charge in [0.1, 0.15) is 5.75 Å². The van der Waals surface area contributed by atoms with Crippen molar-refractivity contribution in [3.63, 3.8) is 0 Å². The molecule has 0 spiro atoms. The number of halogens is 1. The van der Waals surface area contributed by atoms with Gasteiger partial charge in [0.15, 0.2) is 0 Å². The van der Waals surface area contributed by atoms with Crippen LogP contribution in [0.1, 0.15) is 11.3 Å². The zero-order valence-corrected chi connectivity index (χ0v) is 11.5. The summed E-state index contributed by atoms with van der Waals surface area (Å²) in [5.74, 6) is 0.867. The van der Waals surface area contributed by atoms with E-state index in [1.54, 1.807) is 7.11 Å². The second kappa shape index (κ2) is 4.53. The van der Waals surface area contributed by atoms with Crippen molar-refractivity contribution in [1.82, 2.24) is 4.98 Å². The maximum absolute atomic E-state index is 5.30. The summed E-state index contributed by atoms with van der Waals surface area (Å²) in [5.41, 5.74) is 4.67. The second-order valence-electron chi connectivity index (χ2n) is 4.17. The molecule has 0 aliphatic carbocycles. The predicted molar refractivity (Wildman–Crippen MR) is 77.8 cm³/mol. The lowest BCUT2D eigenvalue weighted by Crippen LogP contribution is -1.91. The Labute approximate surface area is 114 Å². The highest BCUT2D eigenvalue weighted by Gasteiger charge is 2.16. The van der Waals surface area contributed by atoms with E-state index < -0.39 is 0 Å². The molecule has 18 heavy (non-hydrogen) atoms. The lowest BCUT2D eigenvalue weighted by molar-refractivity contribution is 0.414. The van der Waals surface area contributed by atoms with E-state index in [9.17, 15) is 0 Å². The minimum atomic E-state index is 0.841. The van der Waals surface area contributed by atoms with Crippen LogP contribution in [0.5, 0.6) is 5.75 Å². The van der Waals surface area contributed by atoms with E-state index >= 15 is 0 Å². The molecule has 92 valence electrons. The SMILES string of the molecule is COc1cc[nH]c1/C=C1\CNc2ccc(Br)cc21. The summed E-state index contributed by atoms with van der Waals surface area (Å²) in [7, 11) is 1.68. The number of hydrogen-bond donors (Lipinski definition) is 2. The molecule has 4 heteroatoms. The van der Waals surface area contributed by atoms with Crippen LogP contribution >= 0.6 is 15.9 Å². The lowest BCUT2D eigenvalue weighted by Gasteiger charge is -2.02. The summed E-state index contributed by atoms with van der Waals surface area (Å²) in [6.07, 6.45) is 4.01. The van der Waals surface area contributed by atoms with Crippen molar-refractivity contribution in [2.24, 2.45) is 0 Å². The van der Waals surface area contributed by atoms with Gasteiger partial charge in [0.05, 0.1) is 12.8 Å². The van der Waals surface area contributed by atoms with Crippen LogP contribution in [0.25, 0.3) is 11.6 Å². The molecule has 1 aromatic carbocycles. The quantitative estimate of drug-likeness (QED) is 0.886. The average Bonchev–Trinajstić information content (AvgIpc) is 2.97. The van der Waals surface area contributed by atoms with Crippen molar-refractivity contribution in [3.8, 4) is 5.75 Å². The van der Waals surface area contributed by atoms with Crippen molar-refractivity contribution >= 4 is 33.3 Å². The van der Waals surface area contributed by atoms with Crippen LogP contribution in [-0.2, 0) is 0 Å². The summed E-state index contributed by atoms with van der Waals surface area (Å²) < 4.78 is 6.39. The number of rotatable bonds is 2. The van der Waals surface area contributed by atoms with Crippen molar-refractivity contribution < 1.29 is 4.74 Å². The Balaban J connectivity index is 2.03. The Kier molecular flexibility index (Phi) is 2.88. The fourth-order valence-electron chi connectivity index (χ4n) is 2.18. The van der Waals surface area contributed by atoms with Gasteiger partial charge >= 0.3 is 0 Å². The molecule has 3 rings (SSSR count). The molecule has 0 radical (unpaired) electrons. The summed E-state index contributed by atoms with van der Waals surface area (Å²) in [6.45, 7) is 0.841. The third kappa shape index (κ3) is 1.93. The number of ether oxygens (including phenoxy) is 1. The van der Waals surface area contributed by atoms with Gasteiger partial charge in [-0.05, 0) is 35.9 Å². The molecule has 2 N–H and O–H groups in total. The van der Waals surface area contributed by atoms with E-state index in [2.05, 4.69) is 44.4 Å². The van der Waals surface area contributed by atoms with Gasteiger partial charge in [-0.15, -0.1) is 0 Å². The number of anilines is 1. The Morgan fingerprint density at radius 1 is 1.33 bits per heavy atom. The summed E-state index contributed by atoms with van der Waals surface area (Å²) in [5, 5.41) is 3.38. The second-order valence-corrected chi connectivity index (χ2v) is 5.09. The molecular formula is C14H13BrN2O. The highest BCUT2D eigenvalue weighted by Crippen LogP contribution is 2.34. The monoisotopic (exact) mass is 304 g/mol. The van der Waals surface area contributed by atoms with E-state index in [4.69, 9.17) is 4.74 Å².